The monoisotopic (exact) mass is 453 g/mol. The number of hydrogen-bond acceptors (Lipinski definition) is 3. The van der Waals surface area contributed by atoms with Gasteiger partial charge in [0.25, 0.3) is 0 Å². The molecule has 5 heteroatoms. The molecule has 4 aromatic rings. The molecule has 1 N–H and O–H groups in total. The minimum absolute atomic E-state index is 0.156. The normalized spacial score (nSPS) is 12.4. The van der Waals surface area contributed by atoms with Gasteiger partial charge in [0.2, 0.25) is 5.91 Å². The van der Waals surface area contributed by atoms with Gasteiger partial charge in [-0.2, -0.15) is 0 Å². The zero-order valence-electron chi connectivity index (χ0n) is 19.9. The summed E-state index contributed by atoms with van der Waals surface area (Å²) in [6.45, 7) is 7.44. The third kappa shape index (κ3) is 5.73. The summed E-state index contributed by atoms with van der Waals surface area (Å²) in [6.07, 6.45) is 3.37. The van der Waals surface area contributed by atoms with Gasteiger partial charge in [-0.15, -0.1) is 0 Å². The summed E-state index contributed by atoms with van der Waals surface area (Å²) in [6, 6.07) is 25.8. The van der Waals surface area contributed by atoms with Crippen LogP contribution in [-0.2, 0) is 11.3 Å². The van der Waals surface area contributed by atoms with Crippen molar-refractivity contribution in [2.45, 2.75) is 39.3 Å². The van der Waals surface area contributed by atoms with Gasteiger partial charge >= 0.3 is 0 Å². The predicted octanol–water partition coefficient (Wildman–Crippen LogP) is 6.13. The molecule has 1 heterocycles. The molecule has 5 nitrogen and oxygen atoms in total. The Bertz CT molecular complexity index is 1260. The first-order valence-corrected chi connectivity index (χ1v) is 11.7. The Labute approximate surface area is 201 Å². The molecule has 0 aliphatic heterocycles. The summed E-state index contributed by atoms with van der Waals surface area (Å²) in [5.74, 6) is 1.99. The number of benzene rings is 3. The van der Waals surface area contributed by atoms with Crippen molar-refractivity contribution in [1.29, 1.82) is 0 Å². The van der Waals surface area contributed by atoms with Crippen LogP contribution in [0.25, 0.3) is 17.1 Å². The first kappa shape index (κ1) is 23.3. The molecule has 0 radical (unpaired) electrons. The minimum Gasteiger partial charge on any atom is -0.492 e. The summed E-state index contributed by atoms with van der Waals surface area (Å²) in [4.78, 5) is 17.4. The number of nitrogens with zero attached hydrogens (tertiary/aromatic N) is 2. The molecule has 1 aromatic heterocycles. The highest BCUT2D eigenvalue weighted by Gasteiger charge is 2.17. The maximum atomic E-state index is 12.5. The maximum Gasteiger partial charge on any atom is 0.244 e. The topological polar surface area (TPSA) is 56.1 Å². The maximum absolute atomic E-state index is 12.5. The van der Waals surface area contributed by atoms with Crippen LogP contribution < -0.4 is 10.1 Å². The van der Waals surface area contributed by atoms with Crippen LogP contribution in [0.15, 0.2) is 84.9 Å². The van der Waals surface area contributed by atoms with E-state index in [1.165, 1.54) is 5.56 Å². The summed E-state index contributed by atoms with van der Waals surface area (Å²) in [5.41, 5.74) is 4.20. The standard InChI is InChI=1S/C29H31N3O2/c1-21(2)24-14-16-25(17-15-24)34-20-19-32-27-12-8-7-11-26(27)31-29(32)22(3)30-28(33)18-13-23-9-5-4-6-10-23/h4-18,21-22H,19-20H2,1-3H3,(H,30,33)/b18-13-. The first-order valence-electron chi connectivity index (χ1n) is 11.7. The Morgan fingerprint density at radius 3 is 2.41 bits per heavy atom. The lowest BCUT2D eigenvalue weighted by molar-refractivity contribution is -0.117. The summed E-state index contributed by atoms with van der Waals surface area (Å²) in [7, 11) is 0. The van der Waals surface area contributed by atoms with E-state index in [-0.39, 0.29) is 11.9 Å². The zero-order chi connectivity index (χ0) is 23.9. The van der Waals surface area contributed by atoms with Gasteiger partial charge in [-0.3, -0.25) is 4.79 Å². The molecule has 0 spiro atoms. The van der Waals surface area contributed by atoms with Gasteiger partial charge in [0.15, 0.2) is 0 Å². The highest BCUT2D eigenvalue weighted by Crippen LogP contribution is 2.22. The number of nitrogens with one attached hydrogen (secondary N) is 1. The molecular weight excluding hydrogens is 422 g/mol. The van der Waals surface area contributed by atoms with Gasteiger partial charge in [0, 0.05) is 6.08 Å². The van der Waals surface area contributed by atoms with Crippen molar-refractivity contribution in [2.24, 2.45) is 0 Å². The number of carbonyl (C=O) groups excluding carboxylic acids is 1. The van der Waals surface area contributed by atoms with Crippen molar-refractivity contribution >= 4 is 23.0 Å². The Morgan fingerprint density at radius 2 is 1.68 bits per heavy atom. The Hall–Kier alpha value is -3.86. The molecule has 174 valence electrons. The largest absolute Gasteiger partial charge is 0.492 e. The van der Waals surface area contributed by atoms with Gasteiger partial charge in [-0.05, 0) is 54.3 Å². The fourth-order valence-electron chi connectivity index (χ4n) is 3.93. The molecule has 3 aromatic carbocycles. The number of amides is 1. The third-order valence-electron chi connectivity index (χ3n) is 5.79. The van der Waals surface area contributed by atoms with Gasteiger partial charge in [-0.25, -0.2) is 4.98 Å². The second-order valence-corrected chi connectivity index (χ2v) is 8.66. The average molecular weight is 454 g/mol. The summed E-state index contributed by atoms with van der Waals surface area (Å²) < 4.78 is 8.15. The summed E-state index contributed by atoms with van der Waals surface area (Å²) in [5, 5.41) is 3.04. The van der Waals surface area contributed by atoms with Crippen LogP contribution in [0, 0.1) is 0 Å². The van der Waals surface area contributed by atoms with Crippen LogP contribution in [0.3, 0.4) is 0 Å². The highest BCUT2D eigenvalue weighted by atomic mass is 16.5. The van der Waals surface area contributed by atoms with Crippen LogP contribution in [-0.4, -0.2) is 22.1 Å². The van der Waals surface area contributed by atoms with E-state index in [4.69, 9.17) is 9.72 Å². The first-order chi connectivity index (χ1) is 16.5. The Balaban J connectivity index is 1.45. The fourth-order valence-corrected chi connectivity index (χ4v) is 3.93. The number of para-hydroxylation sites is 2. The average Bonchev–Trinajstić information content (AvgIpc) is 3.22. The van der Waals surface area contributed by atoms with Crippen molar-refractivity contribution in [2.75, 3.05) is 6.61 Å². The van der Waals surface area contributed by atoms with Crippen LogP contribution in [0.4, 0.5) is 0 Å². The number of hydrogen-bond donors (Lipinski definition) is 1. The molecule has 34 heavy (non-hydrogen) atoms. The molecule has 1 unspecified atom stereocenters. The van der Waals surface area contributed by atoms with E-state index in [9.17, 15) is 4.79 Å². The number of rotatable bonds is 9. The highest BCUT2D eigenvalue weighted by molar-refractivity contribution is 5.92. The Kier molecular flexibility index (Phi) is 7.43. The van der Waals surface area contributed by atoms with Crippen LogP contribution in [0.1, 0.15) is 49.7 Å². The van der Waals surface area contributed by atoms with Crippen molar-refractivity contribution in [3.63, 3.8) is 0 Å². The van der Waals surface area contributed by atoms with Crippen LogP contribution >= 0.6 is 0 Å². The van der Waals surface area contributed by atoms with E-state index in [1.54, 1.807) is 6.08 Å². The molecule has 0 bridgehead atoms. The molecule has 0 aliphatic carbocycles. The van der Waals surface area contributed by atoms with Crippen molar-refractivity contribution in [3.05, 3.63) is 102 Å². The zero-order valence-corrected chi connectivity index (χ0v) is 19.9. The Morgan fingerprint density at radius 1 is 0.971 bits per heavy atom. The van der Waals surface area contributed by atoms with E-state index in [0.717, 1.165) is 28.2 Å². The van der Waals surface area contributed by atoms with Crippen molar-refractivity contribution < 1.29 is 9.53 Å². The molecule has 0 saturated carbocycles. The molecule has 1 atom stereocenters. The van der Waals surface area contributed by atoms with Crippen molar-refractivity contribution in [1.82, 2.24) is 14.9 Å². The molecule has 0 aliphatic rings. The molecular formula is C29H31N3O2. The van der Waals surface area contributed by atoms with E-state index in [2.05, 4.69) is 35.9 Å². The van der Waals surface area contributed by atoms with Crippen molar-refractivity contribution in [3.8, 4) is 5.75 Å². The smallest absolute Gasteiger partial charge is 0.244 e. The predicted molar refractivity (Wildman–Crippen MR) is 138 cm³/mol. The molecule has 1 amide bonds. The molecule has 0 fully saturated rings. The second kappa shape index (κ2) is 10.8. The lowest BCUT2D eigenvalue weighted by Crippen LogP contribution is -2.27. The van der Waals surface area contributed by atoms with Gasteiger partial charge in [0.1, 0.15) is 18.2 Å². The SMILES string of the molecule is CC(C)c1ccc(OCCn2c(C(C)NC(=O)/C=C\c3ccccc3)nc3ccccc32)cc1. The second-order valence-electron chi connectivity index (χ2n) is 8.66. The molecule has 4 rings (SSSR count). The number of ether oxygens (including phenoxy) is 1. The van der Waals surface area contributed by atoms with Crippen LogP contribution in [0.5, 0.6) is 5.75 Å². The van der Waals surface area contributed by atoms with E-state index < -0.39 is 0 Å². The number of aromatic nitrogens is 2. The quantitative estimate of drug-likeness (QED) is 0.310. The lowest BCUT2D eigenvalue weighted by Gasteiger charge is -2.16. The fraction of sp³-hybridized carbons (Fsp3) is 0.241. The van der Waals surface area contributed by atoms with E-state index >= 15 is 0 Å². The van der Waals surface area contributed by atoms with Gasteiger partial charge < -0.3 is 14.6 Å². The molecule has 0 saturated heterocycles. The number of fused-ring (bicyclic) bond motifs is 1. The minimum atomic E-state index is -0.259. The van der Waals surface area contributed by atoms with Crippen LogP contribution in [0.2, 0.25) is 0 Å². The van der Waals surface area contributed by atoms with Gasteiger partial charge in [-0.1, -0.05) is 68.4 Å². The number of carbonyl (C=O) groups is 1. The third-order valence-corrected chi connectivity index (χ3v) is 5.79. The van der Waals surface area contributed by atoms with E-state index in [1.807, 2.05) is 79.7 Å². The lowest BCUT2D eigenvalue weighted by atomic mass is 10.0. The summed E-state index contributed by atoms with van der Waals surface area (Å²) >= 11 is 0. The van der Waals surface area contributed by atoms with Gasteiger partial charge in [0.05, 0.1) is 23.6 Å². The van der Waals surface area contributed by atoms with E-state index in [0.29, 0.717) is 19.1 Å². The number of imidazole rings is 1.